The minimum atomic E-state index is -0.411. The first-order valence-corrected chi connectivity index (χ1v) is 12.0. The van der Waals surface area contributed by atoms with Gasteiger partial charge in [0.05, 0.1) is 24.9 Å². The lowest BCUT2D eigenvalue weighted by molar-refractivity contribution is -0.110. The van der Waals surface area contributed by atoms with E-state index < -0.39 is 5.97 Å². The lowest BCUT2D eigenvalue weighted by atomic mass is 9.84. The molecule has 0 bridgehead atoms. The van der Waals surface area contributed by atoms with Gasteiger partial charge in [-0.2, -0.15) is 0 Å². The number of carbonyl (C=O) groups is 2. The van der Waals surface area contributed by atoms with Crippen LogP contribution in [0.15, 0.2) is 48.7 Å². The number of nitrogens with one attached hydrogen (secondary N) is 3. The van der Waals surface area contributed by atoms with E-state index in [4.69, 9.17) is 9.47 Å². The molecular weight excluding hydrogens is 442 g/mol. The molecule has 2 aromatic carbocycles. The summed E-state index contributed by atoms with van der Waals surface area (Å²) in [5.41, 5.74) is 6.20. The van der Waals surface area contributed by atoms with Crippen LogP contribution in [-0.4, -0.2) is 43.7 Å². The van der Waals surface area contributed by atoms with Crippen molar-refractivity contribution in [2.45, 2.75) is 25.7 Å². The Morgan fingerprint density at radius 2 is 1.86 bits per heavy atom. The van der Waals surface area contributed by atoms with Crippen LogP contribution >= 0.6 is 0 Å². The van der Waals surface area contributed by atoms with Gasteiger partial charge in [-0.3, -0.25) is 4.79 Å². The number of hydrogen-bond acceptors (Lipinski definition) is 5. The van der Waals surface area contributed by atoms with Gasteiger partial charge in [0.1, 0.15) is 5.75 Å². The summed E-state index contributed by atoms with van der Waals surface area (Å²) < 4.78 is 10.6. The third-order valence-electron chi connectivity index (χ3n) is 6.71. The highest BCUT2D eigenvalue weighted by atomic mass is 16.5. The van der Waals surface area contributed by atoms with Crippen molar-refractivity contribution in [1.82, 2.24) is 10.3 Å². The van der Waals surface area contributed by atoms with E-state index in [9.17, 15) is 9.59 Å². The second-order valence-corrected chi connectivity index (χ2v) is 8.75. The van der Waals surface area contributed by atoms with Crippen molar-refractivity contribution in [2.75, 3.05) is 32.1 Å². The van der Waals surface area contributed by atoms with Crippen molar-refractivity contribution in [3.8, 4) is 16.9 Å². The van der Waals surface area contributed by atoms with Crippen molar-refractivity contribution in [2.24, 2.45) is 0 Å². The van der Waals surface area contributed by atoms with Gasteiger partial charge in [-0.05, 0) is 74.2 Å². The summed E-state index contributed by atoms with van der Waals surface area (Å²) in [5, 5.41) is 6.44. The third kappa shape index (κ3) is 4.35. The van der Waals surface area contributed by atoms with Crippen molar-refractivity contribution in [3.05, 3.63) is 71.0 Å². The number of amides is 1. The first-order valence-electron chi connectivity index (χ1n) is 12.0. The maximum atomic E-state index is 13.1. The molecule has 7 nitrogen and oxygen atoms in total. The number of esters is 1. The van der Waals surface area contributed by atoms with Crippen LogP contribution < -0.4 is 15.4 Å². The fourth-order valence-corrected chi connectivity index (χ4v) is 5.02. The quantitative estimate of drug-likeness (QED) is 0.354. The minimum absolute atomic E-state index is 0.144. The van der Waals surface area contributed by atoms with Crippen molar-refractivity contribution < 1.29 is 19.1 Å². The van der Waals surface area contributed by atoms with E-state index in [2.05, 4.69) is 21.7 Å². The van der Waals surface area contributed by atoms with Crippen molar-refractivity contribution >= 4 is 29.2 Å². The molecule has 0 atom stereocenters. The standard InChI is InChI=1S/C28H29N3O4/c1-3-35-28(33)22-16-30-24(25(22)18-7-9-19(34-2)10-8-18)15-21-26-20(17-11-13-29-14-12-17)5-4-6-23(26)31-27(21)32/h4-10,15-17,29-30H,3,11-14H2,1-2H3,(H,31,32)/b21-15-. The van der Waals surface area contributed by atoms with Crippen LogP contribution in [0, 0.1) is 0 Å². The van der Waals surface area contributed by atoms with Gasteiger partial charge in [-0.15, -0.1) is 0 Å². The molecule has 0 aliphatic carbocycles. The van der Waals surface area contributed by atoms with Crippen LogP contribution in [0.2, 0.25) is 0 Å². The topological polar surface area (TPSA) is 92.5 Å². The highest BCUT2D eigenvalue weighted by molar-refractivity contribution is 6.35. The number of methoxy groups -OCH3 is 1. The van der Waals surface area contributed by atoms with E-state index in [0.29, 0.717) is 28.3 Å². The van der Waals surface area contributed by atoms with Crippen LogP contribution in [0.5, 0.6) is 5.75 Å². The number of H-pyrrole nitrogens is 1. The number of benzene rings is 2. The van der Waals surface area contributed by atoms with Gasteiger partial charge in [0.25, 0.3) is 5.91 Å². The highest BCUT2D eigenvalue weighted by Gasteiger charge is 2.31. The normalized spacial score (nSPS) is 16.7. The van der Waals surface area contributed by atoms with E-state index in [1.54, 1.807) is 20.2 Å². The van der Waals surface area contributed by atoms with E-state index in [1.165, 1.54) is 5.56 Å². The van der Waals surface area contributed by atoms with Gasteiger partial charge < -0.3 is 25.1 Å². The number of piperidine rings is 1. The first kappa shape index (κ1) is 22.9. The molecule has 1 fully saturated rings. The summed E-state index contributed by atoms with van der Waals surface area (Å²) >= 11 is 0. The molecule has 7 heteroatoms. The number of hydrogen-bond donors (Lipinski definition) is 3. The molecule has 0 spiro atoms. The Kier molecular flexibility index (Phi) is 6.42. The lowest BCUT2D eigenvalue weighted by Gasteiger charge is -2.25. The summed E-state index contributed by atoms with van der Waals surface area (Å²) in [5.74, 6) is 0.555. The molecule has 3 heterocycles. The Balaban J connectivity index is 1.64. The molecule has 3 aromatic rings. The Morgan fingerprint density at radius 3 is 2.57 bits per heavy atom. The van der Waals surface area contributed by atoms with Crippen LogP contribution in [0.25, 0.3) is 22.8 Å². The first-order chi connectivity index (χ1) is 17.1. The van der Waals surface area contributed by atoms with Gasteiger partial charge in [0.15, 0.2) is 0 Å². The maximum Gasteiger partial charge on any atom is 0.340 e. The number of aromatic nitrogens is 1. The highest BCUT2D eigenvalue weighted by Crippen LogP contribution is 2.42. The Hall–Kier alpha value is -3.84. The molecule has 2 aliphatic heterocycles. The molecular formula is C28H29N3O4. The maximum absolute atomic E-state index is 13.1. The number of ether oxygens (including phenoxy) is 2. The van der Waals surface area contributed by atoms with Gasteiger partial charge >= 0.3 is 5.97 Å². The third-order valence-corrected chi connectivity index (χ3v) is 6.71. The fraction of sp³-hybridized carbons (Fsp3) is 0.286. The van der Waals surface area contributed by atoms with Crippen LogP contribution in [0.1, 0.15) is 52.9 Å². The Labute approximate surface area is 204 Å². The van der Waals surface area contributed by atoms with Crippen LogP contribution in [0.4, 0.5) is 5.69 Å². The molecule has 3 N–H and O–H groups in total. The molecule has 0 unspecified atom stereocenters. The molecule has 5 rings (SSSR count). The van der Waals surface area contributed by atoms with Crippen LogP contribution in [-0.2, 0) is 9.53 Å². The molecule has 0 saturated carbocycles. The monoisotopic (exact) mass is 471 g/mol. The zero-order valence-electron chi connectivity index (χ0n) is 19.9. The van der Waals surface area contributed by atoms with Crippen molar-refractivity contribution in [1.29, 1.82) is 0 Å². The second-order valence-electron chi connectivity index (χ2n) is 8.75. The largest absolute Gasteiger partial charge is 0.497 e. The SMILES string of the molecule is CCOC(=O)c1c[nH]c(/C=C2\C(=O)Nc3cccc(C4CCNCC4)c32)c1-c1ccc(OC)cc1. The number of anilines is 1. The van der Waals surface area contributed by atoms with E-state index in [0.717, 1.165) is 48.5 Å². The zero-order chi connectivity index (χ0) is 24.4. The summed E-state index contributed by atoms with van der Waals surface area (Å²) in [4.78, 5) is 29.1. The predicted octanol–water partition coefficient (Wildman–Crippen LogP) is 4.83. The number of rotatable bonds is 6. The van der Waals surface area contributed by atoms with E-state index in [-0.39, 0.29) is 12.5 Å². The number of aromatic amines is 1. The Morgan fingerprint density at radius 1 is 1.09 bits per heavy atom. The number of fused-ring (bicyclic) bond motifs is 1. The summed E-state index contributed by atoms with van der Waals surface area (Å²) in [6.07, 6.45) is 5.57. The summed E-state index contributed by atoms with van der Waals surface area (Å²) in [6, 6.07) is 13.6. The van der Waals surface area contributed by atoms with Gasteiger partial charge in [-0.1, -0.05) is 24.3 Å². The Bertz CT molecular complexity index is 1280. The summed E-state index contributed by atoms with van der Waals surface area (Å²) in [7, 11) is 1.61. The molecule has 1 amide bonds. The van der Waals surface area contributed by atoms with Gasteiger partial charge in [0.2, 0.25) is 0 Å². The second kappa shape index (κ2) is 9.80. The molecule has 2 aliphatic rings. The molecule has 1 aromatic heterocycles. The summed E-state index contributed by atoms with van der Waals surface area (Å²) in [6.45, 7) is 3.99. The zero-order valence-corrected chi connectivity index (χ0v) is 19.9. The van der Waals surface area contributed by atoms with E-state index >= 15 is 0 Å². The average Bonchev–Trinajstić information content (AvgIpc) is 3.45. The molecule has 0 radical (unpaired) electrons. The predicted molar refractivity (Wildman–Crippen MR) is 137 cm³/mol. The van der Waals surface area contributed by atoms with E-state index in [1.807, 2.05) is 42.5 Å². The smallest absolute Gasteiger partial charge is 0.340 e. The molecule has 180 valence electrons. The number of carbonyl (C=O) groups excluding carboxylic acids is 2. The molecule has 35 heavy (non-hydrogen) atoms. The van der Waals surface area contributed by atoms with Gasteiger partial charge in [-0.25, -0.2) is 4.79 Å². The van der Waals surface area contributed by atoms with Gasteiger partial charge in [0, 0.05) is 28.7 Å². The van der Waals surface area contributed by atoms with Crippen LogP contribution in [0.3, 0.4) is 0 Å². The molecule has 1 saturated heterocycles. The lowest BCUT2D eigenvalue weighted by Crippen LogP contribution is -2.27. The fourth-order valence-electron chi connectivity index (χ4n) is 5.02. The minimum Gasteiger partial charge on any atom is -0.497 e. The average molecular weight is 472 g/mol. The van der Waals surface area contributed by atoms with Crippen molar-refractivity contribution in [3.63, 3.8) is 0 Å².